The number of nitrogens with one attached hydrogen (secondary N) is 1. The molecule has 22 heavy (non-hydrogen) atoms. The van der Waals surface area contributed by atoms with Crippen LogP contribution < -0.4 is 11.1 Å². The number of rotatable bonds is 3. The van der Waals surface area contributed by atoms with Gasteiger partial charge in [0.15, 0.2) is 0 Å². The van der Waals surface area contributed by atoms with Gasteiger partial charge in [-0.3, -0.25) is 4.79 Å². The Labute approximate surface area is 129 Å². The maximum atomic E-state index is 12.1. The molecule has 0 aliphatic rings. The average molecular weight is 288 g/mol. The van der Waals surface area contributed by atoms with Crippen LogP contribution in [-0.4, -0.2) is 5.91 Å². The van der Waals surface area contributed by atoms with E-state index in [0.29, 0.717) is 16.9 Å². The molecule has 0 aliphatic heterocycles. The number of hydrogen-bond acceptors (Lipinski definition) is 2. The molecule has 0 bridgehead atoms. The predicted octanol–water partition coefficient (Wildman–Crippen LogP) is 4.19. The molecule has 0 spiro atoms. The summed E-state index contributed by atoms with van der Waals surface area (Å²) in [6.07, 6.45) is 0. The second-order valence-electron chi connectivity index (χ2n) is 4.99. The van der Waals surface area contributed by atoms with Gasteiger partial charge in [-0.1, -0.05) is 54.6 Å². The van der Waals surface area contributed by atoms with Crippen LogP contribution in [-0.2, 0) is 0 Å². The molecule has 3 nitrogen and oxygen atoms in total. The number of benzene rings is 3. The van der Waals surface area contributed by atoms with Crippen LogP contribution in [0.15, 0.2) is 78.9 Å². The van der Waals surface area contributed by atoms with Crippen molar-refractivity contribution in [3.05, 3.63) is 84.4 Å². The maximum absolute atomic E-state index is 12.1. The lowest BCUT2D eigenvalue weighted by Gasteiger charge is -2.10. The zero-order valence-corrected chi connectivity index (χ0v) is 12.0. The highest BCUT2D eigenvalue weighted by molar-refractivity contribution is 6.04. The molecule has 3 rings (SSSR count). The topological polar surface area (TPSA) is 55.1 Å². The number of hydrogen-bond donors (Lipinski definition) is 2. The fraction of sp³-hybridized carbons (Fsp3) is 0. The molecular weight excluding hydrogens is 272 g/mol. The Balaban J connectivity index is 1.82. The van der Waals surface area contributed by atoms with E-state index < -0.39 is 0 Å². The van der Waals surface area contributed by atoms with Crippen LogP contribution >= 0.6 is 0 Å². The summed E-state index contributed by atoms with van der Waals surface area (Å²) >= 11 is 0. The van der Waals surface area contributed by atoms with Crippen LogP contribution in [0.25, 0.3) is 11.1 Å². The van der Waals surface area contributed by atoms with Gasteiger partial charge in [0.1, 0.15) is 0 Å². The standard InChI is InChI=1S/C19H16N2O/c20-18-13-16(21-19(22)15-9-5-2-6-10-15)11-12-17(18)14-7-3-1-4-8-14/h1-13H,20H2,(H,21,22). The third-order valence-electron chi connectivity index (χ3n) is 3.43. The summed E-state index contributed by atoms with van der Waals surface area (Å²) in [5, 5.41) is 2.86. The van der Waals surface area contributed by atoms with Crippen molar-refractivity contribution < 1.29 is 4.79 Å². The highest BCUT2D eigenvalue weighted by Crippen LogP contribution is 2.28. The molecule has 0 unspecified atom stereocenters. The van der Waals surface area contributed by atoms with E-state index in [2.05, 4.69) is 5.32 Å². The van der Waals surface area contributed by atoms with E-state index in [1.807, 2.05) is 60.7 Å². The monoisotopic (exact) mass is 288 g/mol. The fourth-order valence-electron chi connectivity index (χ4n) is 2.31. The highest BCUT2D eigenvalue weighted by atomic mass is 16.1. The van der Waals surface area contributed by atoms with Crippen LogP contribution in [0.4, 0.5) is 11.4 Å². The van der Waals surface area contributed by atoms with Crippen molar-refractivity contribution in [1.29, 1.82) is 0 Å². The average Bonchev–Trinajstić information content (AvgIpc) is 2.56. The van der Waals surface area contributed by atoms with Gasteiger partial charge < -0.3 is 11.1 Å². The molecule has 3 aromatic rings. The molecule has 0 atom stereocenters. The van der Waals surface area contributed by atoms with E-state index in [9.17, 15) is 4.79 Å². The zero-order chi connectivity index (χ0) is 15.4. The Kier molecular flexibility index (Phi) is 3.88. The van der Waals surface area contributed by atoms with Crippen molar-refractivity contribution in [2.75, 3.05) is 11.1 Å². The number of nitrogen functional groups attached to an aromatic ring is 1. The normalized spacial score (nSPS) is 10.2. The molecule has 0 radical (unpaired) electrons. The van der Waals surface area contributed by atoms with Crippen molar-refractivity contribution in [3.8, 4) is 11.1 Å². The largest absolute Gasteiger partial charge is 0.398 e. The first-order chi connectivity index (χ1) is 10.7. The highest BCUT2D eigenvalue weighted by Gasteiger charge is 2.07. The summed E-state index contributed by atoms with van der Waals surface area (Å²) in [5.41, 5.74) is 10.1. The molecule has 0 fully saturated rings. The summed E-state index contributed by atoms with van der Waals surface area (Å²) in [7, 11) is 0. The summed E-state index contributed by atoms with van der Waals surface area (Å²) in [6, 6.07) is 24.6. The first kappa shape index (κ1) is 13.9. The summed E-state index contributed by atoms with van der Waals surface area (Å²) in [6.45, 7) is 0. The number of amides is 1. The van der Waals surface area contributed by atoms with Crippen molar-refractivity contribution >= 4 is 17.3 Å². The molecule has 3 aromatic carbocycles. The Hall–Kier alpha value is -3.07. The lowest BCUT2D eigenvalue weighted by Crippen LogP contribution is -2.11. The lowest BCUT2D eigenvalue weighted by atomic mass is 10.0. The van der Waals surface area contributed by atoms with Gasteiger partial charge in [-0.25, -0.2) is 0 Å². The Bertz CT molecular complexity index is 783. The number of anilines is 2. The Morgan fingerprint density at radius 3 is 2.09 bits per heavy atom. The fourth-order valence-corrected chi connectivity index (χ4v) is 2.31. The van der Waals surface area contributed by atoms with E-state index in [4.69, 9.17) is 5.73 Å². The van der Waals surface area contributed by atoms with Gasteiger partial charge in [0, 0.05) is 22.5 Å². The van der Waals surface area contributed by atoms with Crippen molar-refractivity contribution in [2.45, 2.75) is 0 Å². The number of nitrogens with two attached hydrogens (primary N) is 1. The van der Waals surface area contributed by atoms with E-state index in [1.165, 1.54) is 0 Å². The first-order valence-corrected chi connectivity index (χ1v) is 7.05. The van der Waals surface area contributed by atoms with Crippen LogP contribution in [0.2, 0.25) is 0 Å². The van der Waals surface area contributed by atoms with Gasteiger partial charge in [-0.05, 0) is 29.8 Å². The van der Waals surface area contributed by atoms with Gasteiger partial charge in [-0.15, -0.1) is 0 Å². The van der Waals surface area contributed by atoms with Gasteiger partial charge in [0.05, 0.1) is 0 Å². The van der Waals surface area contributed by atoms with Gasteiger partial charge in [-0.2, -0.15) is 0 Å². The molecule has 0 aliphatic carbocycles. The van der Waals surface area contributed by atoms with E-state index in [-0.39, 0.29) is 5.91 Å². The molecule has 0 saturated carbocycles. The molecule has 0 heterocycles. The minimum atomic E-state index is -0.146. The van der Waals surface area contributed by atoms with Gasteiger partial charge in [0.25, 0.3) is 5.91 Å². The van der Waals surface area contributed by atoms with Gasteiger partial charge in [0.2, 0.25) is 0 Å². The SMILES string of the molecule is Nc1cc(NC(=O)c2ccccc2)ccc1-c1ccccc1. The van der Waals surface area contributed by atoms with E-state index in [1.54, 1.807) is 18.2 Å². The zero-order valence-electron chi connectivity index (χ0n) is 12.0. The first-order valence-electron chi connectivity index (χ1n) is 7.05. The smallest absolute Gasteiger partial charge is 0.255 e. The van der Waals surface area contributed by atoms with Gasteiger partial charge >= 0.3 is 0 Å². The summed E-state index contributed by atoms with van der Waals surface area (Å²) in [5.74, 6) is -0.146. The van der Waals surface area contributed by atoms with Crippen LogP contribution in [0.3, 0.4) is 0 Å². The van der Waals surface area contributed by atoms with Crippen LogP contribution in [0, 0.1) is 0 Å². The second-order valence-corrected chi connectivity index (χ2v) is 4.99. The van der Waals surface area contributed by atoms with E-state index in [0.717, 1.165) is 11.1 Å². The minimum Gasteiger partial charge on any atom is -0.398 e. The second kappa shape index (κ2) is 6.14. The van der Waals surface area contributed by atoms with Crippen molar-refractivity contribution in [1.82, 2.24) is 0 Å². The predicted molar refractivity (Wildman–Crippen MR) is 90.7 cm³/mol. The summed E-state index contributed by atoms with van der Waals surface area (Å²) in [4.78, 5) is 12.1. The molecule has 0 aromatic heterocycles. The Morgan fingerprint density at radius 1 is 0.818 bits per heavy atom. The molecular formula is C19H16N2O. The molecule has 0 saturated heterocycles. The van der Waals surface area contributed by atoms with Crippen molar-refractivity contribution in [2.24, 2.45) is 0 Å². The molecule has 1 amide bonds. The minimum absolute atomic E-state index is 0.146. The van der Waals surface area contributed by atoms with Crippen LogP contribution in [0.1, 0.15) is 10.4 Å². The lowest BCUT2D eigenvalue weighted by molar-refractivity contribution is 0.102. The van der Waals surface area contributed by atoms with E-state index >= 15 is 0 Å². The third-order valence-corrected chi connectivity index (χ3v) is 3.43. The molecule has 3 N–H and O–H groups in total. The van der Waals surface area contributed by atoms with Crippen LogP contribution in [0.5, 0.6) is 0 Å². The number of carbonyl (C=O) groups is 1. The molecule has 108 valence electrons. The molecule has 3 heteroatoms. The third kappa shape index (κ3) is 2.99. The quantitative estimate of drug-likeness (QED) is 0.710. The van der Waals surface area contributed by atoms with Crippen molar-refractivity contribution in [3.63, 3.8) is 0 Å². The Morgan fingerprint density at radius 2 is 1.45 bits per heavy atom. The summed E-state index contributed by atoms with van der Waals surface area (Å²) < 4.78 is 0. The maximum Gasteiger partial charge on any atom is 0.255 e. The number of carbonyl (C=O) groups excluding carboxylic acids is 1.